The minimum Gasteiger partial charge on any atom is -0.356 e. The van der Waals surface area contributed by atoms with E-state index in [-0.39, 0.29) is 5.82 Å². The first-order valence-electron chi connectivity index (χ1n) is 7.12. The number of rotatable bonds is 4. The minimum absolute atomic E-state index is 0.309. The van der Waals surface area contributed by atoms with Gasteiger partial charge in [0.1, 0.15) is 11.5 Å². The summed E-state index contributed by atoms with van der Waals surface area (Å²) in [5.74, 6) is -0.309. The van der Waals surface area contributed by atoms with E-state index in [4.69, 9.17) is 9.78 Å². The molecule has 1 aromatic carbocycles. The molecule has 110 valence electrons. The summed E-state index contributed by atoms with van der Waals surface area (Å²) >= 11 is 0. The van der Waals surface area contributed by atoms with Gasteiger partial charge < -0.3 is 4.52 Å². The molecule has 0 radical (unpaired) electrons. The molecule has 6 heteroatoms. The van der Waals surface area contributed by atoms with Gasteiger partial charge in [0.25, 0.3) is 0 Å². The van der Waals surface area contributed by atoms with Crippen molar-refractivity contribution < 1.29 is 8.91 Å². The van der Waals surface area contributed by atoms with Crippen molar-refractivity contribution in [3.05, 3.63) is 29.7 Å². The van der Waals surface area contributed by atoms with Gasteiger partial charge in [-0.25, -0.2) is 4.39 Å². The maximum Gasteiger partial charge on any atom is 0.170 e. The highest BCUT2D eigenvalue weighted by Gasteiger charge is 2.19. The molecule has 21 heavy (non-hydrogen) atoms. The lowest BCUT2D eigenvalue weighted by atomic mass is 10.2. The fourth-order valence-corrected chi connectivity index (χ4v) is 2.67. The SMILES string of the molecule is N#CCCN1CCN(Cc2noc3cc(F)ccc23)CC1. The monoisotopic (exact) mass is 288 g/mol. The molecule has 0 amide bonds. The molecular weight excluding hydrogens is 271 g/mol. The average molecular weight is 288 g/mol. The van der Waals surface area contributed by atoms with E-state index in [9.17, 15) is 4.39 Å². The number of nitriles is 1. The zero-order chi connectivity index (χ0) is 14.7. The molecule has 1 aliphatic rings. The van der Waals surface area contributed by atoms with E-state index in [2.05, 4.69) is 21.0 Å². The molecule has 1 aliphatic heterocycles. The average Bonchev–Trinajstić information content (AvgIpc) is 2.88. The van der Waals surface area contributed by atoms with E-state index in [0.29, 0.717) is 18.5 Å². The third kappa shape index (κ3) is 3.20. The maximum atomic E-state index is 13.1. The maximum absolute atomic E-state index is 13.1. The number of nitrogens with zero attached hydrogens (tertiary/aromatic N) is 4. The van der Waals surface area contributed by atoms with Gasteiger partial charge in [-0.05, 0) is 12.1 Å². The second-order valence-electron chi connectivity index (χ2n) is 5.30. The molecule has 5 nitrogen and oxygen atoms in total. The fourth-order valence-electron chi connectivity index (χ4n) is 2.67. The van der Waals surface area contributed by atoms with E-state index in [1.54, 1.807) is 6.07 Å². The van der Waals surface area contributed by atoms with E-state index in [1.165, 1.54) is 12.1 Å². The molecule has 0 unspecified atom stereocenters. The molecule has 0 bridgehead atoms. The van der Waals surface area contributed by atoms with Crippen LogP contribution in [0.1, 0.15) is 12.1 Å². The Kier molecular flexibility index (Phi) is 4.13. The van der Waals surface area contributed by atoms with Gasteiger partial charge in [-0.15, -0.1) is 0 Å². The number of halogens is 1. The topological polar surface area (TPSA) is 56.3 Å². The van der Waals surface area contributed by atoms with Crippen LogP contribution >= 0.6 is 0 Å². The van der Waals surface area contributed by atoms with Gasteiger partial charge in [0.05, 0.1) is 6.07 Å². The molecule has 2 aromatic rings. The lowest BCUT2D eigenvalue weighted by Gasteiger charge is -2.33. The number of hydrogen-bond donors (Lipinski definition) is 0. The highest BCUT2D eigenvalue weighted by Crippen LogP contribution is 2.21. The van der Waals surface area contributed by atoms with Crippen molar-refractivity contribution in [3.8, 4) is 6.07 Å². The van der Waals surface area contributed by atoms with Gasteiger partial charge in [-0.3, -0.25) is 9.80 Å². The Labute approximate surface area is 122 Å². The van der Waals surface area contributed by atoms with Crippen molar-refractivity contribution >= 4 is 11.0 Å². The predicted octanol–water partition coefficient (Wildman–Crippen LogP) is 2.00. The van der Waals surface area contributed by atoms with E-state index >= 15 is 0 Å². The van der Waals surface area contributed by atoms with Crippen LogP contribution in [-0.4, -0.2) is 47.7 Å². The Morgan fingerprint density at radius 3 is 2.76 bits per heavy atom. The van der Waals surface area contributed by atoms with Crippen LogP contribution in [0.2, 0.25) is 0 Å². The summed E-state index contributed by atoms with van der Waals surface area (Å²) in [5, 5.41) is 13.5. The molecule has 1 saturated heterocycles. The molecule has 1 aromatic heterocycles. The van der Waals surface area contributed by atoms with Crippen LogP contribution in [0.3, 0.4) is 0 Å². The third-order valence-corrected chi connectivity index (χ3v) is 3.89. The van der Waals surface area contributed by atoms with Crippen molar-refractivity contribution in [1.29, 1.82) is 5.26 Å². The number of hydrogen-bond acceptors (Lipinski definition) is 5. The smallest absolute Gasteiger partial charge is 0.170 e. The predicted molar refractivity (Wildman–Crippen MR) is 75.9 cm³/mol. The first-order chi connectivity index (χ1) is 10.3. The van der Waals surface area contributed by atoms with Gasteiger partial charge in [-0.2, -0.15) is 5.26 Å². The summed E-state index contributed by atoms with van der Waals surface area (Å²) in [6.07, 6.45) is 0.583. The lowest BCUT2D eigenvalue weighted by molar-refractivity contribution is 0.127. The van der Waals surface area contributed by atoms with Crippen molar-refractivity contribution in [3.63, 3.8) is 0 Å². The first-order valence-corrected chi connectivity index (χ1v) is 7.12. The van der Waals surface area contributed by atoms with Crippen LogP contribution in [0.25, 0.3) is 11.0 Å². The molecule has 0 spiro atoms. The zero-order valence-corrected chi connectivity index (χ0v) is 11.8. The fraction of sp³-hybridized carbons (Fsp3) is 0.467. The Morgan fingerprint density at radius 1 is 1.24 bits per heavy atom. The van der Waals surface area contributed by atoms with Crippen molar-refractivity contribution in [2.24, 2.45) is 0 Å². The van der Waals surface area contributed by atoms with Crippen LogP contribution < -0.4 is 0 Å². The first kappa shape index (κ1) is 14.0. The highest BCUT2D eigenvalue weighted by molar-refractivity contribution is 5.79. The van der Waals surface area contributed by atoms with Crippen LogP contribution in [0.15, 0.2) is 22.7 Å². The molecule has 0 aliphatic carbocycles. The van der Waals surface area contributed by atoms with Crippen molar-refractivity contribution in [1.82, 2.24) is 15.0 Å². The minimum atomic E-state index is -0.309. The molecule has 0 N–H and O–H groups in total. The standard InChI is InChI=1S/C15H17FN4O/c16-12-2-3-13-14(18-21-15(13)10-12)11-20-8-6-19(7-9-20)5-1-4-17/h2-3,10H,1,5-9,11H2. The Hall–Kier alpha value is -1.97. The van der Waals surface area contributed by atoms with Gasteiger partial charge in [0, 0.05) is 57.1 Å². The Balaban J connectivity index is 1.61. The second kappa shape index (κ2) is 6.20. The van der Waals surface area contributed by atoms with E-state index in [0.717, 1.165) is 43.8 Å². The van der Waals surface area contributed by atoms with Crippen molar-refractivity contribution in [2.45, 2.75) is 13.0 Å². The van der Waals surface area contributed by atoms with Gasteiger partial charge in [-0.1, -0.05) is 5.16 Å². The molecule has 0 saturated carbocycles. The lowest BCUT2D eigenvalue weighted by Crippen LogP contribution is -2.46. The van der Waals surface area contributed by atoms with Gasteiger partial charge >= 0.3 is 0 Å². The summed E-state index contributed by atoms with van der Waals surface area (Å²) in [6, 6.07) is 6.70. The Bertz CT molecular complexity index is 655. The molecule has 1 fully saturated rings. The summed E-state index contributed by atoms with van der Waals surface area (Å²) < 4.78 is 18.3. The molecule has 2 heterocycles. The quantitative estimate of drug-likeness (QED) is 0.861. The number of benzene rings is 1. The normalized spacial score (nSPS) is 17.1. The molecule has 0 atom stereocenters. The van der Waals surface area contributed by atoms with E-state index < -0.39 is 0 Å². The summed E-state index contributed by atoms with van der Waals surface area (Å²) in [4.78, 5) is 4.61. The third-order valence-electron chi connectivity index (χ3n) is 3.89. The van der Waals surface area contributed by atoms with Crippen molar-refractivity contribution in [2.75, 3.05) is 32.7 Å². The summed E-state index contributed by atoms with van der Waals surface area (Å²) in [5.41, 5.74) is 1.35. The Morgan fingerprint density at radius 2 is 2.00 bits per heavy atom. The van der Waals surface area contributed by atoms with Crippen LogP contribution in [0, 0.1) is 17.1 Å². The zero-order valence-electron chi connectivity index (χ0n) is 11.8. The van der Waals surface area contributed by atoms with Gasteiger partial charge in [0.2, 0.25) is 0 Å². The van der Waals surface area contributed by atoms with Gasteiger partial charge in [0.15, 0.2) is 5.58 Å². The number of piperazine rings is 1. The summed E-state index contributed by atoms with van der Waals surface area (Å²) in [6.45, 7) is 5.38. The largest absolute Gasteiger partial charge is 0.356 e. The molecule has 3 rings (SSSR count). The van der Waals surface area contributed by atoms with Crippen LogP contribution in [0.5, 0.6) is 0 Å². The number of aromatic nitrogens is 1. The van der Waals surface area contributed by atoms with E-state index in [1.807, 2.05) is 0 Å². The summed E-state index contributed by atoms with van der Waals surface area (Å²) in [7, 11) is 0. The van der Waals surface area contributed by atoms with Crippen LogP contribution in [0.4, 0.5) is 4.39 Å². The highest BCUT2D eigenvalue weighted by atomic mass is 19.1. The number of fused-ring (bicyclic) bond motifs is 1. The molecular formula is C15H17FN4O. The van der Waals surface area contributed by atoms with Crippen LogP contribution in [-0.2, 0) is 6.54 Å². The second-order valence-corrected chi connectivity index (χ2v) is 5.30.